The van der Waals surface area contributed by atoms with Gasteiger partial charge in [-0.3, -0.25) is 4.79 Å². The van der Waals surface area contributed by atoms with Crippen molar-refractivity contribution >= 4 is 23.3 Å². The van der Waals surface area contributed by atoms with Crippen LogP contribution in [0.25, 0.3) is 0 Å². The summed E-state index contributed by atoms with van der Waals surface area (Å²) in [6, 6.07) is 14.9. The van der Waals surface area contributed by atoms with E-state index in [0.717, 1.165) is 28.9 Å². The van der Waals surface area contributed by atoms with Gasteiger partial charge in [0.25, 0.3) is 0 Å². The second-order valence-corrected chi connectivity index (χ2v) is 8.26. The van der Waals surface area contributed by atoms with Gasteiger partial charge in [-0.05, 0) is 47.9 Å². The van der Waals surface area contributed by atoms with Crippen LogP contribution in [0.2, 0.25) is 0 Å². The van der Waals surface area contributed by atoms with E-state index in [1.807, 2.05) is 36.4 Å². The molecule has 1 atom stereocenters. The number of nitrogens with zero attached hydrogens (tertiary/aromatic N) is 1. The minimum atomic E-state index is -0.455. The van der Waals surface area contributed by atoms with Crippen LogP contribution in [0.15, 0.2) is 48.5 Å². The van der Waals surface area contributed by atoms with Crippen LogP contribution in [0.3, 0.4) is 0 Å². The van der Waals surface area contributed by atoms with Crippen molar-refractivity contribution in [2.24, 2.45) is 0 Å². The Morgan fingerprint density at radius 3 is 2.10 bits per heavy atom. The zero-order valence-corrected chi connectivity index (χ0v) is 17.7. The lowest BCUT2D eigenvalue weighted by Gasteiger charge is -2.27. The van der Waals surface area contributed by atoms with Gasteiger partial charge in [-0.25, -0.2) is 4.79 Å². The van der Waals surface area contributed by atoms with Crippen LogP contribution in [0.5, 0.6) is 0 Å². The van der Waals surface area contributed by atoms with E-state index in [9.17, 15) is 9.59 Å². The maximum absolute atomic E-state index is 13.2. The molecule has 2 N–H and O–H groups in total. The number of carbonyl (C=O) groups is 2. The lowest BCUT2D eigenvalue weighted by molar-refractivity contribution is -0.119. The fourth-order valence-corrected chi connectivity index (χ4v) is 3.90. The molecule has 0 spiro atoms. The van der Waals surface area contributed by atoms with Gasteiger partial charge in [-0.2, -0.15) is 0 Å². The van der Waals surface area contributed by atoms with Crippen LogP contribution in [0.4, 0.5) is 16.2 Å². The molecule has 154 valence electrons. The zero-order valence-electron chi connectivity index (χ0n) is 17.7. The van der Waals surface area contributed by atoms with Crippen molar-refractivity contribution in [1.82, 2.24) is 4.90 Å². The molecule has 2 aromatic rings. The molecule has 0 aliphatic carbocycles. The van der Waals surface area contributed by atoms with Crippen molar-refractivity contribution in [2.45, 2.75) is 58.4 Å². The minimum Gasteiger partial charge on any atom is -0.324 e. The van der Waals surface area contributed by atoms with Gasteiger partial charge in [-0.1, -0.05) is 64.1 Å². The average molecular weight is 394 g/mol. The largest absolute Gasteiger partial charge is 0.324 e. The molecule has 0 radical (unpaired) electrons. The Morgan fingerprint density at radius 2 is 1.52 bits per heavy atom. The average Bonchev–Trinajstić information content (AvgIpc) is 3.18. The van der Waals surface area contributed by atoms with Crippen LogP contribution in [-0.2, 0) is 4.79 Å². The SMILES string of the molecule is CC(C)c1cccc(C(C)C)c1NC(=O)N1CCCC1C(=O)Nc1ccccc1. The van der Waals surface area contributed by atoms with Crippen LogP contribution >= 0.6 is 0 Å². The molecular formula is C24H31N3O2. The molecule has 3 rings (SSSR count). The van der Waals surface area contributed by atoms with E-state index in [1.54, 1.807) is 4.90 Å². The van der Waals surface area contributed by atoms with Crippen molar-refractivity contribution in [3.63, 3.8) is 0 Å². The zero-order chi connectivity index (χ0) is 21.0. The first-order valence-corrected chi connectivity index (χ1v) is 10.4. The highest BCUT2D eigenvalue weighted by Crippen LogP contribution is 2.33. The number of amides is 3. The summed E-state index contributed by atoms with van der Waals surface area (Å²) in [5, 5.41) is 6.07. The van der Waals surface area contributed by atoms with Crippen molar-refractivity contribution in [1.29, 1.82) is 0 Å². The molecule has 5 nitrogen and oxygen atoms in total. The quantitative estimate of drug-likeness (QED) is 0.698. The monoisotopic (exact) mass is 393 g/mol. The van der Waals surface area contributed by atoms with E-state index in [2.05, 4.69) is 50.5 Å². The molecule has 1 aliphatic rings. The standard InChI is InChI=1S/C24H31N3O2/c1-16(2)19-12-8-13-20(17(3)4)22(19)26-24(29)27-15-9-14-21(27)23(28)25-18-10-6-5-7-11-18/h5-8,10-13,16-17,21H,9,14-15H2,1-4H3,(H,25,28)(H,26,29). The Labute approximate surface area is 173 Å². The Morgan fingerprint density at radius 1 is 0.897 bits per heavy atom. The molecule has 0 aromatic heterocycles. The van der Waals surface area contributed by atoms with E-state index in [1.165, 1.54) is 0 Å². The van der Waals surface area contributed by atoms with E-state index in [-0.39, 0.29) is 11.9 Å². The first kappa shape index (κ1) is 20.9. The minimum absolute atomic E-state index is 0.134. The molecule has 0 bridgehead atoms. The predicted molar refractivity (Wildman–Crippen MR) is 118 cm³/mol. The second kappa shape index (κ2) is 9.12. The number of hydrogen-bond donors (Lipinski definition) is 2. The third-order valence-corrected chi connectivity index (χ3v) is 5.46. The number of hydrogen-bond acceptors (Lipinski definition) is 2. The number of urea groups is 1. The fraction of sp³-hybridized carbons (Fsp3) is 0.417. The van der Waals surface area contributed by atoms with Gasteiger partial charge in [-0.15, -0.1) is 0 Å². The Bertz CT molecular complexity index is 835. The summed E-state index contributed by atoms with van der Waals surface area (Å²) in [6.45, 7) is 9.09. The highest BCUT2D eigenvalue weighted by atomic mass is 16.2. The lowest BCUT2D eigenvalue weighted by atomic mass is 9.93. The molecule has 1 saturated heterocycles. The van der Waals surface area contributed by atoms with Gasteiger partial charge in [0.15, 0.2) is 0 Å². The van der Waals surface area contributed by atoms with E-state index in [4.69, 9.17) is 0 Å². The van der Waals surface area contributed by atoms with Crippen molar-refractivity contribution in [2.75, 3.05) is 17.2 Å². The number of benzene rings is 2. The number of nitrogens with one attached hydrogen (secondary N) is 2. The first-order chi connectivity index (χ1) is 13.9. The smallest absolute Gasteiger partial charge is 0.322 e. The number of likely N-dealkylation sites (tertiary alicyclic amines) is 1. The molecule has 3 amide bonds. The fourth-order valence-electron chi connectivity index (χ4n) is 3.90. The molecule has 1 aliphatic heterocycles. The first-order valence-electron chi connectivity index (χ1n) is 10.4. The van der Waals surface area contributed by atoms with Crippen LogP contribution in [0, 0.1) is 0 Å². The topological polar surface area (TPSA) is 61.4 Å². The molecule has 2 aromatic carbocycles. The maximum Gasteiger partial charge on any atom is 0.322 e. The summed E-state index contributed by atoms with van der Waals surface area (Å²) in [5.74, 6) is 0.449. The molecule has 1 unspecified atom stereocenters. The Kier molecular flexibility index (Phi) is 6.57. The normalized spacial score (nSPS) is 16.3. The Balaban J connectivity index is 1.79. The van der Waals surface area contributed by atoms with Crippen molar-refractivity contribution in [3.05, 3.63) is 59.7 Å². The van der Waals surface area contributed by atoms with Crippen LogP contribution in [0.1, 0.15) is 63.5 Å². The summed E-state index contributed by atoms with van der Waals surface area (Å²) in [6.07, 6.45) is 1.50. The molecule has 1 heterocycles. The predicted octanol–water partition coefficient (Wildman–Crippen LogP) is 5.57. The van der Waals surface area contributed by atoms with E-state index in [0.29, 0.717) is 24.8 Å². The number of para-hydroxylation sites is 2. The van der Waals surface area contributed by atoms with Gasteiger partial charge >= 0.3 is 6.03 Å². The maximum atomic E-state index is 13.2. The second-order valence-electron chi connectivity index (χ2n) is 8.26. The van der Waals surface area contributed by atoms with Gasteiger partial charge < -0.3 is 15.5 Å². The summed E-state index contributed by atoms with van der Waals surface area (Å²) in [7, 11) is 0. The molecule has 5 heteroatoms. The van der Waals surface area contributed by atoms with Gasteiger partial charge in [0.05, 0.1) is 0 Å². The lowest BCUT2D eigenvalue weighted by Crippen LogP contribution is -2.45. The highest BCUT2D eigenvalue weighted by molar-refractivity contribution is 6.00. The summed E-state index contributed by atoms with van der Waals surface area (Å²) in [4.78, 5) is 27.6. The van der Waals surface area contributed by atoms with Crippen molar-refractivity contribution < 1.29 is 9.59 Å². The number of carbonyl (C=O) groups excluding carboxylic acids is 2. The summed E-state index contributed by atoms with van der Waals surface area (Å²) < 4.78 is 0. The van der Waals surface area contributed by atoms with Crippen LogP contribution < -0.4 is 10.6 Å². The van der Waals surface area contributed by atoms with E-state index < -0.39 is 6.04 Å². The number of rotatable bonds is 5. The third kappa shape index (κ3) is 4.78. The van der Waals surface area contributed by atoms with Gasteiger partial charge in [0, 0.05) is 17.9 Å². The molecule has 0 saturated carbocycles. The number of anilines is 2. The van der Waals surface area contributed by atoms with E-state index >= 15 is 0 Å². The van der Waals surface area contributed by atoms with Gasteiger partial charge in [0.1, 0.15) is 6.04 Å². The molecular weight excluding hydrogens is 362 g/mol. The third-order valence-electron chi connectivity index (χ3n) is 5.46. The summed E-state index contributed by atoms with van der Waals surface area (Å²) in [5.41, 5.74) is 3.87. The van der Waals surface area contributed by atoms with Gasteiger partial charge in [0.2, 0.25) is 5.91 Å². The Hall–Kier alpha value is -2.82. The molecule has 1 fully saturated rings. The van der Waals surface area contributed by atoms with Crippen molar-refractivity contribution in [3.8, 4) is 0 Å². The highest BCUT2D eigenvalue weighted by Gasteiger charge is 2.34. The molecule has 29 heavy (non-hydrogen) atoms. The summed E-state index contributed by atoms with van der Waals surface area (Å²) >= 11 is 0. The van der Waals surface area contributed by atoms with Crippen LogP contribution in [-0.4, -0.2) is 29.4 Å².